The predicted octanol–water partition coefficient (Wildman–Crippen LogP) is 3.24. The highest BCUT2D eigenvalue weighted by Gasteiger charge is 2.34. The van der Waals surface area contributed by atoms with E-state index in [1.54, 1.807) is 32.0 Å². The molecule has 7 heteroatoms. The minimum atomic E-state index is -3.77. The van der Waals surface area contributed by atoms with E-state index in [1.165, 1.54) is 14.6 Å². The van der Waals surface area contributed by atoms with Crippen molar-refractivity contribution in [2.45, 2.75) is 38.6 Å². The molecule has 0 amide bonds. The molecule has 0 bridgehead atoms. The van der Waals surface area contributed by atoms with Gasteiger partial charge in [-0.15, -0.1) is 0 Å². The van der Waals surface area contributed by atoms with Crippen molar-refractivity contribution in [3.05, 3.63) is 82.2 Å². The molecule has 6 nitrogen and oxygen atoms in total. The summed E-state index contributed by atoms with van der Waals surface area (Å²) in [6.07, 6.45) is 0.670. The van der Waals surface area contributed by atoms with Gasteiger partial charge in [-0.3, -0.25) is 4.79 Å². The molecule has 1 aliphatic rings. The Balaban J connectivity index is 1.72. The highest BCUT2D eigenvalue weighted by Crippen LogP contribution is 2.28. The number of hydrogen-bond donors (Lipinski definition) is 0. The van der Waals surface area contributed by atoms with Crippen molar-refractivity contribution in [3.8, 4) is 0 Å². The van der Waals surface area contributed by atoms with Crippen molar-refractivity contribution in [3.63, 3.8) is 0 Å². The summed E-state index contributed by atoms with van der Waals surface area (Å²) in [5.74, 6) is -0.334. The van der Waals surface area contributed by atoms with E-state index in [-0.39, 0.29) is 10.8 Å². The van der Waals surface area contributed by atoms with Gasteiger partial charge in [0.2, 0.25) is 10.0 Å². The molecular weight excluding hydrogens is 386 g/mol. The van der Waals surface area contributed by atoms with E-state index in [1.807, 2.05) is 37.3 Å². The first kappa shape index (κ1) is 19.5. The zero-order valence-electron chi connectivity index (χ0n) is 16.7. The average molecular weight is 410 g/mol. The van der Waals surface area contributed by atoms with Crippen LogP contribution in [0.1, 0.15) is 38.4 Å². The molecule has 4 rings (SSSR count). The lowest BCUT2D eigenvalue weighted by Crippen LogP contribution is -2.36. The molecular formula is C22H23N3O3S. The van der Waals surface area contributed by atoms with E-state index >= 15 is 0 Å². The Morgan fingerprint density at radius 2 is 1.72 bits per heavy atom. The summed E-state index contributed by atoms with van der Waals surface area (Å²) < 4.78 is 29.5. The van der Waals surface area contributed by atoms with Crippen LogP contribution >= 0.6 is 0 Å². The van der Waals surface area contributed by atoms with Crippen LogP contribution in [0.5, 0.6) is 0 Å². The molecule has 0 aliphatic carbocycles. The van der Waals surface area contributed by atoms with Gasteiger partial charge >= 0.3 is 0 Å². The fourth-order valence-electron chi connectivity index (χ4n) is 3.90. The first-order chi connectivity index (χ1) is 13.8. The summed E-state index contributed by atoms with van der Waals surface area (Å²) in [7, 11) is -3.77. The van der Waals surface area contributed by atoms with E-state index in [0.29, 0.717) is 36.5 Å². The quantitative estimate of drug-likeness (QED) is 0.666. The number of rotatable bonds is 3. The van der Waals surface area contributed by atoms with E-state index in [2.05, 4.69) is 5.10 Å². The van der Waals surface area contributed by atoms with Crippen molar-refractivity contribution < 1.29 is 13.2 Å². The smallest absolute Gasteiger partial charge is 0.267 e. The number of nitrogens with zero attached hydrogens (tertiary/aromatic N) is 3. The van der Waals surface area contributed by atoms with Crippen molar-refractivity contribution in [1.29, 1.82) is 0 Å². The molecule has 1 aromatic heterocycles. The molecule has 2 aromatic carbocycles. The molecule has 0 fully saturated rings. The summed E-state index contributed by atoms with van der Waals surface area (Å²) in [5.41, 5.74) is 4.30. The first-order valence-corrected chi connectivity index (χ1v) is 11.0. The third-order valence-electron chi connectivity index (χ3n) is 5.38. The standard InChI is InChI=1S/C22H23N3O3S/c1-15-7-6-10-19(13-15)22(26)25-17(3)21(16(2)23-25)29(27,28)24-12-11-18-8-4-5-9-20(18)14-24/h4-10,13H,11-12,14H2,1-3H3. The number of carbonyl (C=O) groups is 1. The molecule has 0 unspecified atom stereocenters. The minimum Gasteiger partial charge on any atom is -0.267 e. The Labute approximate surface area is 170 Å². The Kier molecular flexibility index (Phi) is 4.88. The topological polar surface area (TPSA) is 72.3 Å². The van der Waals surface area contributed by atoms with Gasteiger partial charge in [0.05, 0.1) is 11.4 Å². The number of fused-ring (bicyclic) bond motifs is 1. The van der Waals surface area contributed by atoms with Crippen LogP contribution in [0.25, 0.3) is 0 Å². The number of sulfonamides is 1. The molecule has 1 aliphatic heterocycles. The van der Waals surface area contributed by atoms with Gasteiger partial charge in [-0.2, -0.15) is 14.1 Å². The maximum Gasteiger partial charge on any atom is 0.278 e. The van der Waals surface area contributed by atoms with E-state index in [0.717, 1.165) is 11.1 Å². The van der Waals surface area contributed by atoms with Crippen LogP contribution in [0.15, 0.2) is 53.4 Å². The van der Waals surface area contributed by atoms with Gasteiger partial charge in [-0.25, -0.2) is 8.42 Å². The number of carbonyl (C=O) groups excluding carboxylic acids is 1. The van der Waals surface area contributed by atoms with Crippen LogP contribution < -0.4 is 0 Å². The van der Waals surface area contributed by atoms with Crippen LogP contribution in [-0.4, -0.2) is 35.0 Å². The number of hydrogen-bond acceptors (Lipinski definition) is 4. The lowest BCUT2D eigenvalue weighted by molar-refractivity contribution is 0.0942. The lowest BCUT2D eigenvalue weighted by atomic mass is 10.0. The summed E-state index contributed by atoms with van der Waals surface area (Å²) in [5, 5.41) is 4.28. The van der Waals surface area contributed by atoms with Crippen LogP contribution in [0, 0.1) is 20.8 Å². The second-order valence-corrected chi connectivity index (χ2v) is 9.32. The molecule has 0 saturated carbocycles. The predicted molar refractivity (Wildman–Crippen MR) is 110 cm³/mol. The molecule has 0 N–H and O–H groups in total. The molecule has 0 radical (unpaired) electrons. The van der Waals surface area contributed by atoms with Gasteiger partial charge in [0.25, 0.3) is 5.91 Å². The van der Waals surface area contributed by atoms with Gasteiger partial charge in [0.1, 0.15) is 4.90 Å². The van der Waals surface area contributed by atoms with Gasteiger partial charge < -0.3 is 0 Å². The molecule has 0 saturated heterocycles. The monoisotopic (exact) mass is 409 g/mol. The van der Waals surface area contributed by atoms with Crippen LogP contribution in [0.3, 0.4) is 0 Å². The van der Waals surface area contributed by atoms with Crippen LogP contribution in [0.2, 0.25) is 0 Å². The van der Waals surface area contributed by atoms with Crippen molar-refractivity contribution in [1.82, 2.24) is 14.1 Å². The molecule has 0 spiro atoms. The zero-order valence-corrected chi connectivity index (χ0v) is 17.5. The molecule has 2 heterocycles. The highest BCUT2D eigenvalue weighted by atomic mass is 32.2. The van der Waals surface area contributed by atoms with Crippen LogP contribution in [-0.2, 0) is 23.0 Å². The number of aromatic nitrogens is 2. The Morgan fingerprint density at radius 1 is 1.00 bits per heavy atom. The zero-order chi connectivity index (χ0) is 20.8. The van der Waals surface area contributed by atoms with Gasteiger partial charge in [0.15, 0.2) is 0 Å². The minimum absolute atomic E-state index is 0.123. The second kappa shape index (κ2) is 7.24. The average Bonchev–Trinajstić information content (AvgIpc) is 3.01. The maximum atomic E-state index is 13.4. The first-order valence-electron chi connectivity index (χ1n) is 9.53. The fourth-order valence-corrected chi connectivity index (χ4v) is 5.68. The van der Waals surface area contributed by atoms with E-state index in [9.17, 15) is 13.2 Å². The van der Waals surface area contributed by atoms with Crippen molar-refractivity contribution in [2.75, 3.05) is 6.54 Å². The van der Waals surface area contributed by atoms with Gasteiger partial charge in [-0.1, -0.05) is 42.0 Å². The third kappa shape index (κ3) is 3.41. The highest BCUT2D eigenvalue weighted by molar-refractivity contribution is 7.89. The number of aryl methyl sites for hydroxylation is 2. The summed E-state index contributed by atoms with van der Waals surface area (Å²) >= 11 is 0. The van der Waals surface area contributed by atoms with Gasteiger partial charge in [0, 0.05) is 18.7 Å². The Morgan fingerprint density at radius 3 is 2.45 bits per heavy atom. The molecule has 150 valence electrons. The van der Waals surface area contributed by atoms with Crippen LogP contribution in [0.4, 0.5) is 0 Å². The Hall–Kier alpha value is -2.77. The normalized spacial score (nSPS) is 14.6. The molecule has 0 atom stereocenters. The molecule has 29 heavy (non-hydrogen) atoms. The Bertz CT molecular complexity index is 1210. The number of benzene rings is 2. The summed E-state index contributed by atoms with van der Waals surface area (Å²) in [6, 6.07) is 15.1. The van der Waals surface area contributed by atoms with Gasteiger partial charge in [-0.05, 0) is 50.5 Å². The van der Waals surface area contributed by atoms with Crippen molar-refractivity contribution in [2.24, 2.45) is 0 Å². The van der Waals surface area contributed by atoms with E-state index < -0.39 is 10.0 Å². The van der Waals surface area contributed by atoms with E-state index in [4.69, 9.17) is 0 Å². The lowest BCUT2D eigenvalue weighted by Gasteiger charge is -2.28. The van der Waals surface area contributed by atoms with Crippen molar-refractivity contribution >= 4 is 15.9 Å². The maximum absolute atomic E-state index is 13.4. The molecule has 3 aromatic rings. The third-order valence-corrected chi connectivity index (χ3v) is 7.47. The largest absolute Gasteiger partial charge is 0.278 e. The fraction of sp³-hybridized carbons (Fsp3) is 0.273. The summed E-state index contributed by atoms with van der Waals surface area (Å²) in [6.45, 7) is 5.92. The second-order valence-electron chi connectivity index (χ2n) is 7.44. The SMILES string of the molecule is Cc1cccc(C(=O)n2nc(C)c(S(=O)(=O)N3CCc4ccccc4C3)c2C)c1. The summed E-state index contributed by atoms with van der Waals surface area (Å²) in [4.78, 5) is 13.1.